The van der Waals surface area contributed by atoms with E-state index in [1.54, 1.807) is 16.2 Å². The van der Waals surface area contributed by atoms with E-state index in [4.69, 9.17) is 0 Å². The van der Waals surface area contributed by atoms with Crippen LogP contribution in [0.3, 0.4) is 0 Å². The fourth-order valence-electron chi connectivity index (χ4n) is 3.87. The number of hydrogen-bond acceptors (Lipinski definition) is 3. The van der Waals surface area contributed by atoms with Gasteiger partial charge in [-0.1, -0.05) is 51.1 Å². The minimum atomic E-state index is -0.0626. The molecule has 28 heavy (non-hydrogen) atoms. The van der Waals surface area contributed by atoms with Crippen LogP contribution in [0.4, 0.5) is 0 Å². The smallest absolute Gasteiger partial charge is 0.242 e. The maximum Gasteiger partial charge on any atom is 0.242 e. The maximum absolute atomic E-state index is 13.3. The molecule has 2 heterocycles. The third-order valence-corrected chi connectivity index (χ3v) is 6.15. The number of carbonyl (C=O) groups is 2. The van der Waals surface area contributed by atoms with E-state index in [1.165, 1.54) is 10.4 Å². The van der Waals surface area contributed by atoms with Gasteiger partial charge in [-0.3, -0.25) is 9.59 Å². The van der Waals surface area contributed by atoms with Crippen LogP contribution in [0, 0.1) is 5.92 Å². The van der Waals surface area contributed by atoms with Crippen molar-refractivity contribution in [3.8, 4) is 0 Å². The van der Waals surface area contributed by atoms with Gasteiger partial charge >= 0.3 is 0 Å². The van der Waals surface area contributed by atoms with Crippen molar-refractivity contribution in [2.45, 2.75) is 46.1 Å². The second kappa shape index (κ2) is 9.37. The minimum Gasteiger partial charge on any atom is -0.333 e. The molecule has 1 atom stereocenters. The third kappa shape index (κ3) is 4.64. The molecule has 1 aliphatic rings. The zero-order chi connectivity index (χ0) is 20.1. The van der Waals surface area contributed by atoms with Gasteiger partial charge in [0, 0.05) is 24.4 Å². The van der Waals surface area contributed by atoms with Gasteiger partial charge in [-0.25, -0.2) is 0 Å². The highest BCUT2D eigenvalue weighted by Gasteiger charge is 2.33. The van der Waals surface area contributed by atoms with Crippen LogP contribution in [-0.4, -0.2) is 41.2 Å². The fraction of sp³-hybridized carbons (Fsp3) is 0.478. The molecule has 3 rings (SSSR count). The summed E-state index contributed by atoms with van der Waals surface area (Å²) in [4.78, 5) is 31.0. The van der Waals surface area contributed by atoms with Gasteiger partial charge in [0.25, 0.3) is 0 Å². The highest BCUT2D eigenvalue weighted by Crippen LogP contribution is 2.37. The molecule has 4 nitrogen and oxygen atoms in total. The number of hydrogen-bond donors (Lipinski definition) is 0. The van der Waals surface area contributed by atoms with Crippen LogP contribution in [0.5, 0.6) is 0 Å². The van der Waals surface area contributed by atoms with Crippen molar-refractivity contribution in [2.75, 3.05) is 19.6 Å². The Kier molecular flexibility index (Phi) is 6.89. The summed E-state index contributed by atoms with van der Waals surface area (Å²) < 4.78 is 0. The number of fused-ring (bicyclic) bond motifs is 1. The van der Waals surface area contributed by atoms with Gasteiger partial charge < -0.3 is 9.80 Å². The largest absolute Gasteiger partial charge is 0.333 e. The lowest BCUT2D eigenvalue weighted by Crippen LogP contribution is -2.47. The number of nitrogens with zero attached hydrogens (tertiary/aromatic N) is 2. The lowest BCUT2D eigenvalue weighted by atomic mass is 9.93. The van der Waals surface area contributed by atoms with Gasteiger partial charge in [0.2, 0.25) is 11.8 Å². The van der Waals surface area contributed by atoms with Crippen LogP contribution in [0.15, 0.2) is 41.8 Å². The van der Waals surface area contributed by atoms with Crippen molar-refractivity contribution in [1.82, 2.24) is 9.80 Å². The highest BCUT2D eigenvalue weighted by atomic mass is 32.1. The Bertz CT molecular complexity index is 800. The molecule has 2 amide bonds. The first-order valence-electron chi connectivity index (χ1n) is 10.2. The predicted molar refractivity (Wildman–Crippen MR) is 114 cm³/mol. The first-order chi connectivity index (χ1) is 13.5. The van der Waals surface area contributed by atoms with E-state index >= 15 is 0 Å². The summed E-state index contributed by atoms with van der Waals surface area (Å²) in [5.41, 5.74) is 2.36. The predicted octanol–water partition coefficient (Wildman–Crippen LogP) is 4.51. The summed E-state index contributed by atoms with van der Waals surface area (Å²) >= 11 is 1.77. The van der Waals surface area contributed by atoms with Gasteiger partial charge in [0.15, 0.2) is 0 Å². The lowest BCUT2D eigenvalue weighted by Gasteiger charge is -2.37. The Balaban J connectivity index is 1.83. The van der Waals surface area contributed by atoms with Crippen molar-refractivity contribution < 1.29 is 9.59 Å². The molecule has 0 fully saturated rings. The summed E-state index contributed by atoms with van der Waals surface area (Å²) in [5, 5.41) is 2.12. The standard InChI is InChI=1S/C23H30N2O2S/c1-4-12-24(21(26)15-17(2)3)16-22(27)25-13-10-20-19(11-14-28-20)23(25)18-8-6-5-7-9-18/h5-9,11,14,17,23H,4,10,12-13,15-16H2,1-3H3. The van der Waals surface area contributed by atoms with Gasteiger partial charge in [0.05, 0.1) is 12.6 Å². The van der Waals surface area contributed by atoms with Crippen molar-refractivity contribution in [3.05, 3.63) is 57.8 Å². The molecular formula is C23H30N2O2S. The molecule has 1 aromatic carbocycles. The number of carbonyl (C=O) groups excluding carboxylic acids is 2. The van der Waals surface area contributed by atoms with Gasteiger partial charge in [0.1, 0.15) is 0 Å². The normalized spacial score (nSPS) is 16.1. The summed E-state index contributed by atoms with van der Waals surface area (Å²) in [6.07, 6.45) is 2.23. The maximum atomic E-state index is 13.3. The molecule has 1 unspecified atom stereocenters. The molecule has 0 saturated carbocycles. The highest BCUT2D eigenvalue weighted by molar-refractivity contribution is 7.10. The van der Waals surface area contributed by atoms with E-state index in [-0.39, 0.29) is 24.4 Å². The number of thiophene rings is 1. The zero-order valence-electron chi connectivity index (χ0n) is 17.1. The summed E-state index contributed by atoms with van der Waals surface area (Å²) in [6, 6.07) is 12.3. The average molecular weight is 399 g/mol. The Morgan fingerprint density at radius 3 is 2.64 bits per heavy atom. The number of benzene rings is 1. The first-order valence-corrected chi connectivity index (χ1v) is 11.1. The van der Waals surface area contributed by atoms with E-state index in [0.717, 1.165) is 18.4 Å². The molecule has 0 saturated heterocycles. The molecule has 1 aromatic heterocycles. The molecule has 0 bridgehead atoms. The van der Waals surface area contributed by atoms with Gasteiger partial charge in [-0.2, -0.15) is 0 Å². The van der Waals surface area contributed by atoms with Crippen molar-refractivity contribution in [3.63, 3.8) is 0 Å². The monoisotopic (exact) mass is 398 g/mol. The van der Waals surface area contributed by atoms with Crippen LogP contribution in [0.25, 0.3) is 0 Å². The molecule has 2 aromatic rings. The third-order valence-electron chi connectivity index (χ3n) is 5.16. The van der Waals surface area contributed by atoms with Crippen molar-refractivity contribution in [2.24, 2.45) is 5.92 Å². The molecule has 1 aliphatic heterocycles. The second-order valence-electron chi connectivity index (χ2n) is 7.86. The Morgan fingerprint density at radius 2 is 1.96 bits per heavy atom. The topological polar surface area (TPSA) is 40.6 Å². The number of rotatable bonds is 7. The van der Waals surface area contributed by atoms with Crippen molar-refractivity contribution in [1.29, 1.82) is 0 Å². The van der Waals surface area contributed by atoms with E-state index < -0.39 is 0 Å². The summed E-state index contributed by atoms with van der Waals surface area (Å²) in [7, 11) is 0. The van der Waals surface area contributed by atoms with Crippen LogP contribution in [0.2, 0.25) is 0 Å². The first kappa shape index (κ1) is 20.6. The van der Waals surface area contributed by atoms with Crippen LogP contribution >= 0.6 is 11.3 Å². The summed E-state index contributed by atoms with van der Waals surface area (Å²) in [6.45, 7) is 7.62. The van der Waals surface area contributed by atoms with E-state index in [0.29, 0.717) is 25.4 Å². The average Bonchev–Trinajstić information content (AvgIpc) is 3.15. The Labute approximate surface area is 172 Å². The van der Waals surface area contributed by atoms with Crippen LogP contribution in [0.1, 0.15) is 55.7 Å². The van der Waals surface area contributed by atoms with E-state index in [2.05, 4.69) is 23.6 Å². The lowest BCUT2D eigenvalue weighted by molar-refractivity contribution is -0.142. The Morgan fingerprint density at radius 1 is 1.21 bits per heavy atom. The summed E-state index contributed by atoms with van der Waals surface area (Å²) in [5.74, 6) is 0.410. The van der Waals surface area contributed by atoms with Crippen molar-refractivity contribution >= 4 is 23.2 Å². The van der Waals surface area contributed by atoms with E-state index in [1.807, 2.05) is 43.9 Å². The van der Waals surface area contributed by atoms with Gasteiger partial charge in [-0.15, -0.1) is 11.3 Å². The Hall–Kier alpha value is -2.14. The molecule has 150 valence electrons. The quantitative estimate of drug-likeness (QED) is 0.689. The number of amides is 2. The molecule has 5 heteroatoms. The molecule has 0 radical (unpaired) electrons. The van der Waals surface area contributed by atoms with Crippen LogP contribution < -0.4 is 0 Å². The van der Waals surface area contributed by atoms with E-state index in [9.17, 15) is 9.59 Å². The zero-order valence-corrected chi connectivity index (χ0v) is 17.9. The molecule has 0 aliphatic carbocycles. The minimum absolute atomic E-state index is 0.0382. The second-order valence-corrected chi connectivity index (χ2v) is 8.86. The molecule has 0 N–H and O–H groups in total. The van der Waals surface area contributed by atoms with Gasteiger partial charge in [-0.05, 0) is 41.3 Å². The molecular weight excluding hydrogens is 368 g/mol. The van der Waals surface area contributed by atoms with Crippen LogP contribution in [-0.2, 0) is 16.0 Å². The fourth-order valence-corrected chi connectivity index (χ4v) is 4.78. The molecule has 0 spiro atoms. The SMILES string of the molecule is CCCN(CC(=O)N1CCc2sccc2C1c1ccccc1)C(=O)CC(C)C.